The van der Waals surface area contributed by atoms with E-state index in [0.717, 1.165) is 19.8 Å². The molecule has 0 aromatic carbocycles. The highest BCUT2D eigenvalue weighted by Gasteiger charge is 2.13. The van der Waals surface area contributed by atoms with Crippen LogP contribution in [0.25, 0.3) is 0 Å². The molecule has 2 unspecified atom stereocenters. The van der Waals surface area contributed by atoms with Gasteiger partial charge in [-0.1, -0.05) is 9.39 Å². The highest BCUT2D eigenvalue weighted by atomic mass is 31.0. The summed E-state index contributed by atoms with van der Waals surface area (Å²) in [7, 11) is 2.70. The summed E-state index contributed by atoms with van der Waals surface area (Å²) in [6, 6.07) is 0.578. The fraction of sp³-hybridized carbons (Fsp3) is 1.00. The molecule has 1 aliphatic rings. The van der Waals surface area contributed by atoms with Gasteiger partial charge in [0.1, 0.15) is 0 Å². The van der Waals surface area contributed by atoms with E-state index in [4.69, 9.17) is 4.74 Å². The third-order valence-corrected chi connectivity index (χ3v) is 2.19. The third kappa shape index (κ3) is 1.41. The average Bonchev–Trinajstić information content (AvgIpc) is 1.77. The Balaban J connectivity index is 2.28. The average molecular weight is 133 g/mol. The van der Waals surface area contributed by atoms with Gasteiger partial charge in [-0.3, -0.25) is 4.67 Å². The van der Waals surface area contributed by atoms with Crippen molar-refractivity contribution in [1.29, 1.82) is 0 Å². The number of hydrogen-bond donors (Lipinski definition) is 0. The standard InChI is InChI=1S/C5H12NOP/c1-5-4-7-3-2-6(5)8/h5H,2-4,8H2,1H3. The van der Waals surface area contributed by atoms with E-state index in [9.17, 15) is 0 Å². The zero-order valence-corrected chi connectivity index (χ0v) is 6.29. The molecule has 0 radical (unpaired) electrons. The van der Waals surface area contributed by atoms with Crippen LogP contribution in [0.2, 0.25) is 0 Å². The first-order valence-electron chi connectivity index (χ1n) is 2.90. The second kappa shape index (κ2) is 2.77. The normalized spacial score (nSPS) is 33.0. The Kier molecular flexibility index (Phi) is 2.24. The number of rotatable bonds is 0. The van der Waals surface area contributed by atoms with Gasteiger partial charge in [0, 0.05) is 12.6 Å². The zero-order valence-electron chi connectivity index (χ0n) is 5.13. The van der Waals surface area contributed by atoms with Crippen molar-refractivity contribution >= 4 is 9.39 Å². The van der Waals surface area contributed by atoms with Crippen LogP contribution in [0.4, 0.5) is 0 Å². The highest BCUT2D eigenvalue weighted by molar-refractivity contribution is 7.13. The molecule has 0 aromatic rings. The maximum absolute atomic E-state index is 5.20. The second-order valence-corrected chi connectivity index (χ2v) is 2.83. The molecular weight excluding hydrogens is 121 g/mol. The molecule has 0 spiro atoms. The number of ether oxygens (including phenoxy) is 1. The first kappa shape index (κ1) is 6.47. The van der Waals surface area contributed by atoms with Gasteiger partial charge in [0.2, 0.25) is 0 Å². The van der Waals surface area contributed by atoms with Crippen molar-refractivity contribution in [2.24, 2.45) is 0 Å². The minimum atomic E-state index is 0.578. The van der Waals surface area contributed by atoms with E-state index >= 15 is 0 Å². The first-order valence-corrected chi connectivity index (χ1v) is 3.41. The van der Waals surface area contributed by atoms with Crippen LogP contribution in [0, 0.1) is 0 Å². The molecule has 0 saturated carbocycles. The fourth-order valence-corrected chi connectivity index (χ4v) is 0.931. The molecule has 0 bridgehead atoms. The number of hydrogen-bond acceptors (Lipinski definition) is 2. The Morgan fingerprint density at radius 1 is 1.75 bits per heavy atom. The van der Waals surface area contributed by atoms with Crippen LogP contribution in [0.5, 0.6) is 0 Å². The van der Waals surface area contributed by atoms with E-state index < -0.39 is 0 Å². The summed E-state index contributed by atoms with van der Waals surface area (Å²) in [5.41, 5.74) is 0. The van der Waals surface area contributed by atoms with Gasteiger partial charge in [-0.05, 0) is 6.92 Å². The van der Waals surface area contributed by atoms with Crippen molar-refractivity contribution in [2.45, 2.75) is 13.0 Å². The molecule has 1 saturated heterocycles. The number of morpholine rings is 1. The molecule has 0 amide bonds. The van der Waals surface area contributed by atoms with E-state index in [1.54, 1.807) is 0 Å². The topological polar surface area (TPSA) is 12.5 Å². The first-order chi connectivity index (χ1) is 3.80. The Morgan fingerprint density at radius 2 is 2.50 bits per heavy atom. The van der Waals surface area contributed by atoms with E-state index in [1.165, 1.54) is 0 Å². The minimum Gasteiger partial charge on any atom is -0.378 e. The molecule has 1 fully saturated rings. The lowest BCUT2D eigenvalue weighted by Crippen LogP contribution is -2.36. The fourth-order valence-electron chi connectivity index (χ4n) is 0.740. The van der Waals surface area contributed by atoms with Gasteiger partial charge in [-0.15, -0.1) is 0 Å². The quantitative estimate of drug-likeness (QED) is 0.446. The van der Waals surface area contributed by atoms with E-state index in [0.29, 0.717) is 6.04 Å². The van der Waals surface area contributed by atoms with E-state index in [2.05, 4.69) is 21.0 Å². The molecule has 1 heterocycles. The van der Waals surface area contributed by atoms with Crippen molar-refractivity contribution in [3.05, 3.63) is 0 Å². The molecule has 1 rings (SSSR count). The molecule has 0 aliphatic carbocycles. The van der Waals surface area contributed by atoms with Crippen molar-refractivity contribution in [2.75, 3.05) is 19.8 Å². The van der Waals surface area contributed by atoms with Crippen LogP contribution in [0.3, 0.4) is 0 Å². The maximum Gasteiger partial charge on any atom is 0.0622 e. The van der Waals surface area contributed by atoms with Gasteiger partial charge in [0.25, 0.3) is 0 Å². The zero-order chi connectivity index (χ0) is 5.98. The Labute approximate surface area is 52.5 Å². The largest absolute Gasteiger partial charge is 0.378 e. The SMILES string of the molecule is CC1COCCN1P. The Bertz CT molecular complexity index is 68.8. The van der Waals surface area contributed by atoms with E-state index in [1.807, 2.05) is 0 Å². The smallest absolute Gasteiger partial charge is 0.0622 e. The molecule has 1 aliphatic heterocycles. The third-order valence-electron chi connectivity index (χ3n) is 1.42. The van der Waals surface area contributed by atoms with Crippen LogP contribution >= 0.6 is 9.39 Å². The van der Waals surface area contributed by atoms with Crippen molar-refractivity contribution in [3.8, 4) is 0 Å². The van der Waals surface area contributed by atoms with Crippen LogP contribution in [-0.4, -0.2) is 30.5 Å². The van der Waals surface area contributed by atoms with E-state index in [-0.39, 0.29) is 0 Å². The lowest BCUT2D eigenvalue weighted by Gasteiger charge is -2.28. The van der Waals surface area contributed by atoms with Crippen molar-refractivity contribution in [1.82, 2.24) is 4.67 Å². The van der Waals surface area contributed by atoms with Gasteiger partial charge >= 0.3 is 0 Å². The molecule has 2 nitrogen and oxygen atoms in total. The van der Waals surface area contributed by atoms with Gasteiger partial charge in [0.05, 0.1) is 13.2 Å². The molecule has 48 valence electrons. The maximum atomic E-state index is 5.20. The summed E-state index contributed by atoms with van der Waals surface area (Å²) in [4.78, 5) is 0. The predicted octanol–water partition coefficient (Wildman–Crippen LogP) is 0.497. The molecule has 8 heavy (non-hydrogen) atoms. The van der Waals surface area contributed by atoms with Crippen LogP contribution < -0.4 is 0 Å². The summed E-state index contributed by atoms with van der Waals surface area (Å²) in [5.74, 6) is 0. The Hall–Kier alpha value is 0.350. The van der Waals surface area contributed by atoms with Crippen LogP contribution in [0.15, 0.2) is 0 Å². The summed E-state index contributed by atoms with van der Waals surface area (Å²) in [5, 5.41) is 0. The second-order valence-electron chi connectivity index (χ2n) is 2.16. The Morgan fingerprint density at radius 3 is 2.88 bits per heavy atom. The minimum absolute atomic E-state index is 0.578. The molecule has 0 aromatic heterocycles. The molecule has 3 heteroatoms. The summed E-state index contributed by atoms with van der Waals surface area (Å²) in [6.45, 7) is 4.97. The molecule has 0 N–H and O–H groups in total. The van der Waals surface area contributed by atoms with Gasteiger partial charge < -0.3 is 4.74 Å². The molecular formula is C5H12NOP. The lowest BCUT2D eigenvalue weighted by atomic mass is 10.3. The predicted molar refractivity (Wildman–Crippen MR) is 36.7 cm³/mol. The van der Waals surface area contributed by atoms with Crippen LogP contribution in [-0.2, 0) is 4.74 Å². The number of nitrogens with zero attached hydrogens (tertiary/aromatic N) is 1. The van der Waals surface area contributed by atoms with Crippen molar-refractivity contribution in [3.63, 3.8) is 0 Å². The van der Waals surface area contributed by atoms with Gasteiger partial charge in [-0.25, -0.2) is 0 Å². The van der Waals surface area contributed by atoms with Crippen LogP contribution in [0.1, 0.15) is 6.92 Å². The monoisotopic (exact) mass is 133 g/mol. The lowest BCUT2D eigenvalue weighted by molar-refractivity contribution is 0.0435. The van der Waals surface area contributed by atoms with Crippen molar-refractivity contribution < 1.29 is 4.74 Å². The molecule has 2 atom stereocenters. The van der Waals surface area contributed by atoms with Gasteiger partial charge in [0.15, 0.2) is 0 Å². The van der Waals surface area contributed by atoms with Gasteiger partial charge in [-0.2, -0.15) is 0 Å². The summed E-state index contributed by atoms with van der Waals surface area (Å²) in [6.07, 6.45) is 0. The summed E-state index contributed by atoms with van der Waals surface area (Å²) < 4.78 is 7.42. The summed E-state index contributed by atoms with van der Waals surface area (Å²) >= 11 is 0. The highest BCUT2D eigenvalue weighted by Crippen LogP contribution is 2.09.